The van der Waals surface area contributed by atoms with Crippen molar-refractivity contribution in [1.82, 2.24) is 14.8 Å². The molecule has 0 spiro atoms. The topological polar surface area (TPSA) is 60.9 Å². The number of aromatic nitrogens is 1. The SMILES string of the molecule is CC1CN(C)CCC1N(C)C(=O)Nc1ccc(N2CCOCC2)nc1. The summed E-state index contributed by atoms with van der Waals surface area (Å²) in [5.41, 5.74) is 0.731. The summed E-state index contributed by atoms with van der Waals surface area (Å²) >= 11 is 0. The van der Waals surface area contributed by atoms with Gasteiger partial charge in [-0.25, -0.2) is 9.78 Å². The molecule has 7 heteroatoms. The first kappa shape index (κ1) is 17.9. The van der Waals surface area contributed by atoms with Crippen LogP contribution in [0.1, 0.15) is 13.3 Å². The van der Waals surface area contributed by atoms with E-state index in [9.17, 15) is 4.79 Å². The average molecular weight is 347 g/mol. The number of hydrogen-bond acceptors (Lipinski definition) is 5. The highest BCUT2D eigenvalue weighted by atomic mass is 16.5. The summed E-state index contributed by atoms with van der Waals surface area (Å²) in [6.45, 7) is 7.45. The normalized spacial score (nSPS) is 24.8. The summed E-state index contributed by atoms with van der Waals surface area (Å²) in [5, 5.41) is 2.97. The summed E-state index contributed by atoms with van der Waals surface area (Å²) in [5.74, 6) is 1.40. The van der Waals surface area contributed by atoms with E-state index in [4.69, 9.17) is 4.74 Å². The van der Waals surface area contributed by atoms with Gasteiger partial charge in [-0.3, -0.25) is 0 Å². The molecule has 0 bridgehead atoms. The number of nitrogens with one attached hydrogen (secondary N) is 1. The van der Waals surface area contributed by atoms with Crippen LogP contribution in [0.3, 0.4) is 0 Å². The van der Waals surface area contributed by atoms with Gasteiger partial charge in [-0.15, -0.1) is 0 Å². The lowest BCUT2D eigenvalue weighted by Gasteiger charge is -2.39. The van der Waals surface area contributed by atoms with Gasteiger partial charge in [0.1, 0.15) is 5.82 Å². The van der Waals surface area contributed by atoms with Crippen molar-refractivity contribution in [2.45, 2.75) is 19.4 Å². The van der Waals surface area contributed by atoms with Gasteiger partial charge in [-0.2, -0.15) is 0 Å². The minimum atomic E-state index is -0.0673. The Morgan fingerprint density at radius 3 is 2.72 bits per heavy atom. The van der Waals surface area contributed by atoms with E-state index in [2.05, 4.69) is 34.1 Å². The first-order valence-corrected chi connectivity index (χ1v) is 9.05. The molecule has 1 N–H and O–H groups in total. The van der Waals surface area contributed by atoms with Gasteiger partial charge in [0, 0.05) is 32.7 Å². The van der Waals surface area contributed by atoms with E-state index in [1.54, 1.807) is 6.20 Å². The van der Waals surface area contributed by atoms with Crippen molar-refractivity contribution < 1.29 is 9.53 Å². The fourth-order valence-electron chi connectivity index (χ4n) is 3.72. The van der Waals surface area contributed by atoms with Gasteiger partial charge < -0.3 is 24.8 Å². The Morgan fingerprint density at radius 1 is 1.32 bits per heavy atom. The number of morpholine rings is 1. The van der Waals surface area contributed by atoms with E-state index in [-0.39, 0.29) is 12.1 Å². The molecule has 2 atom stereocenters. The summed E-state index contributed by atoms with van der Waals surface area (Å²) in [6.07, 6.45) is 2.74. The number of hydrogen-bond donors (Lipinski definition) is 1. The van der Waals surface area contributed by atoms with Crippen LogP contribution in [0.2, 0.25) is 0 Å². The molecule has 25 heavy (non-hydrogen) atoms. The molecule has 7 nitrogen and oxygen atoms in total. The molecule has 2 saturated heterocycles. The molecular formula is C18H29N5O2. The Hall–Kier alpha value is -1.86. The van der Waals surface area contributed by atoms with Crippen molar-refractivity contribution in [3.05, 3.63) is 18.3 Å². The Balaban J connectivity index is 1.56. The first-order valence-electron chi connectivity index (χ1n) is 9.05. The summed E-state index contributed by atoms with van der Waals surface area (Å²) < 4.78 is 5.36. The zero-order valence-corrected chi connectivity index (χ0v) is 15.4. The molecule has 0 radical (unpaired) electrons. The number of piperidine rings is 1. The third-order valence-electron chi connectivity index (χ3n) is 5.22. The van der Waals surface area contributed by atoms with Gasteiger partial charge in [0.25, 0.3) is 0 Å². The van der Waals surface area contributed by atoms with Crippen molar-refractivity contribution in [2.75, 3.05) is 63.7 Å². The zero-order chi connectivity index (χ0) is 17.8. The van der Waals surface area contributed by atoms with Crippen molar-refractivity contribution in [1.29, 1.82) is 0 Å². The first-order chi connectivity index (χ1) is 12.0. The van der Waals surface area contributed by atoms with Gasteiger partial charge in [0.05, 0.1) is 25.1 Å². The maximum Gasteiger partial charge on any atom is 0.321 e. The van der Waals surface area contributed by atoms with Crippen LogP contribution in [0.4, 0.5) is 16.3 Å². The predicted octanol–water partition coefficient (Wildman–Crippen LogP) is 1.72. The van der Waals surface area contributed by atoms with Crippen LogP contribution >= 0.6 is 0 Å². The van der Waals surface area contributed by atoms with Crippen molar-refractivity contribution in [3.63, 3.8) is 0 Å². The minimum absolute atomic E-state index is 0.0673. The maximum absolute atomic E-state index is 12.6. The molecule has 0 saturated carbocycles. The molecule has 0 aromatic carbocycles. The fraction of sp³-hybridized carbons (Fsp3) is 0.667. The van der Waals surface area contributed by atoms with Gasteiger partial charge in [-0.05, 0) is 38.1 Å². The van der Waals surface area contributed by atoms with Crippen LogP contribution in [0, 0.1) is 5.92 Å². The zero-order valence-electron chi connectivity index (χ0n) is 15.4. The Bertz CT molecular complexity index is 573. The Labute approximate surface area is 149 Å². The maximum atomic E-state index is 12.6. The molecule has 2 unspecified atom stereocenters. The lowest BCUT2D eigenvalue weighted by Crippen LogP contribution is -2.50. The Morgan fingerprint density at radius 2 is 2.08 bits per heavy atom. The molecule has 2 aliphatic heterocycles. The average Bonchev–Trinajstić information content (AvgIpc) is 2.62. The lowest BCUT2D eigenvalue weighted by molar-refractivity contribution is 0.113. The standard InChI is InChI=1S/C18H29N5O2/c1-14-13-21(2)7-6-16(14)22(3)18(24)20-15-4-5-17(19-12-15)23-8-10-25-11-9-23/h4-5,12,14,16H,6-11,13H2,1-3H3,(H,20,24). The molecule has 0 aliphatic carbocycles. The number of nitrogens with zero attached hydrogens (tertiary/aromatic N) is 4. The highest BCUT2D eigenvalue weighted by Crippen LogP contribution is 2.21. The second-order valence-corrected chi connectivity index (χ2v) is 7.14. The van der Waals surface area contributed by atoms with Crippen LogP contribution in [0.25, 0.3) is 0 Å². The third-order valence-corrected chi connectivity index (χ3v) is 5.22. The minimum Gasteiger partial charge on any atom is -0.378 e. The second-order valence-electron chi connectivity index (χ2n) is 7.14. The van der Waals surface area contributed by atoms with E-state index < -0.39 is 0 Å². The molecule has 2 fully saturated rings. The largest absolute Gasteiger partial charge is 0.378 e. The Kier molecular flexibility index (Phi) is 5.75. The van der Waals surface area contributed by atoms with Crippen LogP contribution < -0.4 is 10.2 Å². The molecule has 1 aromatic rings. The summed E-state index contributed by atoms with van der Waals surface area (Å²) in [6, 6.07) is 4.08. The van der Waals surface area contributed by atoms with Crippen molar-refractivity contribution >= 4 is 17.5 Å². The summed E-state index contributed by atoms with van der Waals surface area (Å²) in [4.78, 5) is 23.4. The van der Waals surface area contributed by atoms with Gasteiger partial charge in [0.15, 0.2) is 0 Å². The predicted molar refractivity (Wildman–Crippen MR) is 99.1 cm³/mol. The molecule has 2 aliphatic rings. The molecule has 138 valence electrons. The van der Waals surface area contributed by atoms with E-state index in [0.29, 0.717) is 5.92 Å². The number of anilines is 2. The molecule has 3 heterocycles. The second kappa shape index (κ2) is 8.01. The van der Waals surface area contributed by atoms with Crippen LogP contribution in [-0.4, -0.2) is 80.3 Å². The van der Waals surface area contributed by atoms with Crippen LogP contribution in [0.15, 0.2) is 18.3 Å². The van der Waals surface area contributed by atoms with Crippen LogP contribution in [0.5, 0.6) is 0 Å². The number of amides is 2. The van der Waals surface area contributed by atoms with E-state index in [0.717, 1.165) is 57.3 Å². The number of likely N-dealkylation sites (tertiary alicyclic amines) is 1. The quantitative estimate of drug-likeness (QED) is 0.902. The van der Waals surface area contributed by atoms with Gasteiger partial charge in [-0.1, -0.05) is 6.92 Å². The molecule has 3 rings (SSSR count). The van der Waals surface area contributed by atoms with E-state index >= 15 is 0 Å². The van der Waals surface area contributed by atoms with Crippen molar-refractivity contribution in [2.24, 2.45) is 5.92 Å². The number of rotatable bonds is 3. The van der Waals surface area contributed by atoms with E-state index in [1.807, 2.05) is 24.1 Å². The highest BCUT2D eigenvalue weighted by molar-refractivity contribution is 5.89. The van der Waals surface area contributed by atoms with Gasteiger partial charge in [0.2, 0.25) is 0 Å². The smallest absolute Gasteiger partial charge is 0.321 e. The van der Waals surface area contributed by atoms with Crippen molar-refractivity contribution in [3.8, 4) is 0 Å². The van der Waals surface area contributed by atoms with E-state index in [1.165, 1.54) is 0 Å². The number of carbonyl (C=O) groups excluding carboxylic acids is 1. The monoisotopic (exact) mass is 347 g/mol. The number of urea groups is 1. The fourth-order valence-corrected chi connectivity index (χ4v) is 3.72. The molecule has 2 amide bonds. The van der Waals surface area contributed by atoms with Crippen LogP contribution in [-0.2, 0) is 4.74 Å². The summed E-state index contributed by atoms with van der Waals surface area (Å²) in [7, 11) is 4.02. The number of ether oxygens (including phenoxy) is 1. The number of pyridine rings is 1. The molecular weight excluding hydrogens is 318 g/mol. The number of carbonyl (C=O) groups is 1. The van der Waals surface area contributed by atoms with Gasteiger partial charge >= 0.3 is 6.03 Å². The third kappa shape index (κ3) is 4.41. The highest BCUT2D eigenvalue weighted by Gasteiger charge is 2.30. The molecule has 1 aromatic heterocycles. The lowest BCUT2D eigenvalue weighted by atomic mass is 9.93.